The lowest BCUT2D eigenvalue weighted by atomic mass is 10.1. The Balaban J connectivity index is 4.24. The summed E-state index contributed by atoms with van der Waals surface area (Å²) in [7, 11) is 1.34. The molecular weight excluding hydrogens is 734 g/mol. The average Bonchev–Trinajstić information content (AvgIpc) is 3.16. The second kappa shape index (κ2) is 41.0. The fourth-order valence-corrected chi connectivity index (χ4v) is 6.73. The van der Waals surface area contributed by atoms with Crippen LogP contribution in [0, 0.1) is 0 Å². The van der Waals surface area contributed by atoms with Gasteiger partial charge in [0.1, 0.15) is 19.3 Å². The van der Waals surface area contributed by atoms with Gasteiger partial charge in [-0.3, -0.25) is 9.36 Å². The highest BCUT2D eigenvalue weighted by Gasteiger charge is 2.20. The van der Waals surface area contributed by atoms with Gasteiger partial charge in [0.15, 0.2) is 0 Å². The van der Waals surface area contributed by atoms with Crippen LogP contribution in [0.5, 0.6) is 0 Å². The van der Waals surface area contributed by atoms with Gasteiger partial charge in [-0.15, -0.1) is 0 Å². The normalized spacial score (nSPS) is 14.3. The summed E-state index contributed by atoms with van der Waals surface area (Å²) >= 11 is 0. The van der Waals surface area contributed by atoms with E-state index in [1.807, 2.05) is 21.1 Å². The first-order valence-corrected chi connectivity index (χ1v) is 24.5. The topological polar surface area (TPSA) is 94.1 Å². The van der Waals surface area contributed by atoms with Crippen molar-refractivity contribution >= 4 is 13.8 Å². The largest absolute Gasteiger partial charge is 0.756 e. The Kier molecular flexibility index (Phi) is 39.7. The highest BCUT2D eigenvalue weighted by atomic mass is 31.2. The Morgan fingerprint density at radius 1 is 0.561 bits per heavy atom. The zero-order chi connectivity index (χ0) is 42.0. The van der Waals surface area contributed by atoms with Gasteiger partial charge in [0.2, 0.25) is 0 Å². The quantitative estimate of drug-likeness (QED) is 0.0199. The first-order chi connectivity index (χ1) is 27.6. The molecular formula is C48H88NO7P. The van der Waals surface area contributed by atoms with E-state index >= 15 is 0 Å². The summed E-state index contributed by atoms with van der Waals surface area (Å²) in [5.74, 6) is -0.349. The molecule has 0 spiro atoms. The summed E-state index contributed by atoms with van der Waals surface area (Å²) in [4.78, 5) is 25.1. The van der Waals surface area contributed by atoms with Crippen LogP contribution in [0.15, 0.2) is 60.8 Å². The molecule has 0 amide bonds. The summed E-state index contributed by atoms with van der Waals surface area (Å²) < 4.78 is 34.6. The molecule has 0 aromatic rings. The van der Waals surface area contributed by atoms with Gasteiger partial charge in [-0.05, 0) is 77.0 Å². The number of ether oxygens (including phenoxy) is 2. The Labute approximate surface area is 351 Å². The van der Waals surface area contributed by atoms with Crippen LogP contribution in [0.3, 0.4) is 0 Å². The van der Waals surface area contributed by atoms with Crippen LogP contribution >= 0.6 is 7.82 Å². The number of carbonyl (C=O) groups excluding carboxylic acids is 1. The van der Waals surface area contributed by atoms with E-state index in [1.165, 1.54) is 77.0 Å². The van der Waals surface area contributed by atoms with Crippen molar-refractivity contribution < 1.29 is 37.3 Å². The van der Waals surface area contributed by atoms with E-state index < -0.39 is 13.9 Å². The molecule has 0 saturated carbocycles. The van der Waals surface area contributed by atoms with Crippen molar-refractivity contribution in [1.29, 1.82) is 0 Å². The summed E-state index contributed by atoms with van der Waals surface area (Å²) in [6.45, 7) is 5.25. The van der Waals surface area contributed by atoms with E-state index in [0.29, 0.717) is 24.1 Å². The molecule has 0 radical (unpaired) electrons. The lowest BCUT2D eigenvalue weighted by Crippen LogP contribution is -2.37. The minimum absolute atomic E-state index is 0.0198. The highest BCUT2D eigenvalue weighted by Crippen LogP contribution is 2.38. The third kappa shape index (κ3) is 45.1. The van der Waals surface area contributed by atoms with Gasteiger partial charge < -0.3 is 27.9 Å². The SMILES string of the molecule is CC/C=C\C/C=C\C/C=C\C/C=C\CCCCCCCCCOCC(COP(=O)([O-])OCC[N+](C)(C)C)OC(=O)CCCCCCC/C=C\CCCCCCCC. The molecule has 0 rings (SSSR count). The van der Waals surface area contributed by atoms with Crippen LogP contribution in [0.4, 0.5) is 0 Å². The molecule has 332 valence electrons. The van der Waals surface area contributed by atoms with Crippen LogP contribution in [-0.2, 0) is 27.9 Å². The fraction of sp³-hybridized carbons (Fsp3) is 0.771. The van der Waals surface area contributed by atoms with Gasteiger partial charge in [0.05, 0.1) is 34.4 Å². The minimum atomic E-state index is -4.53. The van der Waals surface area contributed by atoms with E-state index in [2.05, 4.69) is 74.6 Å². The monoisotopic (exact) mass is 822 g/mol. The number of hydrogen-bond acceptors (Lipinski definition) is 7. The minimum Gasteiger partial charge on any atom is -0.756 e. The molecule has 0 bridgehead atoms. The van der Waals surface area contributed by atoms with Crippen molar-refractivity contribution in [2.45, 2.75) is 187 Å². The summed E-state index contributed by atoms with van der Waals surface area (Å²) in [6.07, 6.45) is 50.9. The van der Waals surface area contributed by atoms with Gasteiger partial charge in [-0.1, -0.05) is 158 Å². The Hall–Kier alpha value is -1.80. The molecule has 0 heterocycles. The number of rotatable bonds is 42. The zero-order valence-electron chi connectivity index (χ0n) is 37.5. The molecule has 2 atom stereocenters. The van der Waals surface area contributed by atoms with E-state index in [9.17, 15) is 14.3 Å². The van der Waals surface area contributed by atoms with Crippen LogP contribution in [0.1, 0.15) is 181 Å². The summed E-state index contributed by atoms with van der Waals surface area (Å²) in [6, 6.07) is 0. The standard InChI is InChI=1S/C48H88NO7P/c1-6-8-10-12-14-16-18-20-22-23-24-25-26-28-30-32-34-36-38-40-43-53-45-47(46-55-57(51,52)54-44-42-49(3,4)5)56-48(50)41-39-37-35-33-31-29-27-21-19-17-15-13-11-9-7-2/h8,10,14,16,20-22,24-25,27,47H,6-7,9,11-13,15,17-19,23,26,28-46H2,1-5H3/b10-8-,16-14-,22-20-,25-24-,27-21-. The smallest absolute Gasteiger partial charge is 0.306 e. The zero-order valence-corrected chi connectivity index (χ0v) is 38.4. The molecule has 0 aliphatic rings. The number of likely N-dealkylation sites (N-methyl/N-ethyl adjacent to an activating group) is 1. The summed E-state index contributed by atoms with van der Waals surface area (Å²) in [5.41, 5.74) is 0. The molecule has 0 fully saturated rings. The van der Waals surface area contributed by atoms with Gasteiger partial charge in [-0.25, -0.2) is 0 Å². The first-order valence-electron chi connectivity index (χ1n) is 23.0. The molecule has 0 saturated heterocycles. The number of hydrogen-bond donors (Lipinski definition) is 0. The summed E-state index contributed by atoms with van der Waals surface area (Å²) in [5, 5.41) is 0. The predicted molar refractivity (Wildman–Crippen MR) is 240 cm³/mol. The number of allylic oxidation sites excluding steroid dienone is 10. The molecule has 0 N–H and O–H groups in total. The van der Waals surface area contributed by atoms with Crippen molar-refractivity contribution in [2.75, 3.05) is 54.1 Å². The van der Waals surface area contributed by atoms with Crippen LogP contribution in [0.2, 0.25) is 0 Å². The van der Waals surface area contributed by atoms with E-state index in [1.54, 1.807) is 0 Å². The number of phosphoric ester groups is 1. The molecule has 0 aliphatic heterocycles. The maximum Gasteiger partial charge on any atom is 0.306 e. The van der Waals surface area contributed by atoms with E-state index in [0.717, 1.165) is 83.5 Å². The van der Waals surface area contributed by atoms with Gasteiger partial charge in [0.25, 0.3) is 7.82 Å². The van der Waals surface area contributed by atoms with Crippen LogP contribution in [0.25, 0.3) is 0 Å². The van der Waals surface area contributed by atoms with Gasteiger partial charge >= 0.3 is 5.97 Å². The third-order valence-corrected chi connectivity index (χ3v) is 10.5. The number of unbranched alkanes of at least 4 members (excludes halogenated alkanes) is 18. The number of carbonyl (C=O) groups is 1. The molecule has 0 aromatic carbocycles. The Bertz CT molecular complexity index is 1090. The van der Waals surface area contributed by atoms with Crippen molar-refractivity contribution in [3.05, 3.63) is 60.8 Å². The van der Waals surface area contributed by atoms with Crippen molar-refractivity contribution in [2.24, 2.45) is 0 Å². The molecule has 57 heavy (non-hydrogen) atoms. The molecule has 0 aliphatic carbocycles. The maximum atomic E-state index is 12.7. The first kappa shape index (κ1) is 55.2. The molecule has 8 nitrogen and oxygen atoms in total. The lowest BCUT2D eigenvalue weighted by molar-refractivity contribution is -0.870. The van der Waals surface area contributed by atoms with Crippen LogP contribution in [-0.4, -0.2) is 70.7 Å². The Morgan fingerprint density at radius 3 is 1.54 bits per heavy atom. The second-order valence-corrected chi connectivity index (χ2v) is 17.8. The molecule has 2 unspecified atom stereocenters. The van der Waals surface area contributed by atoms with Gasteiger partial charge in [0, 0.05) is 13.0 Å². The number of esters is 1. The number of nitrogens with zero attached hydrogens (tertiary/aromatic N) is 1. The fourth-order valence-electron chi connectivity index (χ4n) is 6.00. The second-order valence-electron chi connectivity index (χ2n) is 16.4. The van der Waals surface area contributed by atoms with Gasteiger partial charge in [-0.2, -0.15) is 0 Å². The number of quaternary nitrogens is 1. The lowest BCUT2D eigenvalue weighted by Gasteiger charge is -2.28. The molecule has 9 heteroatoms. The van der Waals surface area contributed by atoms with Crippen molar-refractivity contribution in [3.63, 3.8) is 0 Å². The van der Waals surface area contributed by atoms with E-state index in [-0.39, 0.29) is 25.8 Å². The highest BCUT2D eigenvalue weighted by molar-refractivity contribution is 7.45. The van der Waals surface area contributed by atoms with Crippen molar-refractivity contribution in [1.82, 2.24) is 0 Å². The predicted octanol–water partition coefficient (Wildman–Crippen LogP) is 13.1. The maximum absolute atomic E-state index is 12.7. The van der Waals surface area contributed by atoms with E-state index in [4.69, 9.17) is 18.5 Å². The molecule has 0 aromatic heterocycles. The van der Waals surface area contributed by atoms with Crippen molar-refractivity contribution in [3.8, 4) is 0 Å². The third-order valence-electron chi connectivity index (χ3n) is 9.55. The average molecular weight is 822 g/mol. The number of phosphoric acid groups is 1. The Morgan fingerprint density at radius 2 is 1.02 bits per heavy atom. The van der Waals surface area contributed by atoms with Crippen LogP contribution < -0.4 is 4.89 Å².